The molecule has 3 nitrogen and oxygen atoms in total. The fourth-order valence-electron chi connectivity index (χ4n) is 3.18. The Kier molecular flexibility index (Phi) is 4.64. The summed E-state index contributed by atoms with van der Waals surface area (Å²) in [6.07, 6.45) is 3.68. The van der Waals surface area contributed by atoms with Gasteiger partial charge in [0, 0.05) is 24.5 Å². The van der Waals surface area contributed by atoms with Gasteiger partial charge in [-0.1, -0.05) is 13.8 Å². The van der Waals surface area contributed by atoms with Crippen molar-refractivity contribution in [2.24, 2.45) is 17.1 Å². The van der Waals surface area contributed by atoms with Gasteiger partial charge < -0.3 is 10.6 Å². The molecule has 108 valence electrons. The van der Waals surface area contributed by atoms with Gasteiger partial charge in [0.25, 0.3) is 0 Å². The Bertz CT molecular complexity index is 413. The van der Waals surface area contributed by atoms with Gasteiger partial charge in [-0.25, -0.2) is 4.98 Å². The minimum Gasteiger partial charge on any atom is -0.327 e. The summed E-state index contributed by atoms with van der Waals surface area (Å²) in [4.78, 5) is 6.91. The monoisotopic (exact) mass is 281 g/mol. The van der Waals surface area contributed by atoms with E-state index in [9.17, 15) is 0 Å². The van der Waals surface area contributed by atoms with E-state index in [1.165, 1.54) is 25.0 Å². The summed E-state index contributed by atoms with van der Waals surface area (Å²) in [5.74, 6) is 0.619. The number of aryl methyl sites for hydroxylation is 1. The molecule has 2 rings (SSSR count). The highest BCUT2D eigenvalue weighted by Gasteiger charge is 2.33. The lowest BCUT2D eigenvalue weighted by atomic mass is 9.70. The molecule has 0 aromatic carbocycles. The van der Waals surface area contributed by atoms with Gasteiger partial charge in [0.2, 0.25) is 0 Å². The maximum atomic E-state index is 6.31. The molecule has 1 heterocycles. The number of thiazole rings is 1. The van der Waals surface area contributed by atoms with Gasteiger partial charge in [0.15, 0.2) is 0 Å². The van der Waals surface area contributed by atoms with Crippen LogP contribution in [0.15, 0.2) is 5.38 Å². The zero-order chi connectivity index (χ0) is 14.0. The van der Waals surface area contributed by atoms with Gasteiger partial charge in [-0.05, 0) is 44.6 Å². The van der Waals surface area contributed by atoms with E-state index in [1.54, 1.807) is 11.3 Å². The smallest absolute Gasteiger partial charge is 0.0897 e. The normalized spacial score (nSPS) is 26.8. The van der Waals surface area contributed by atoms with Crippen molar-refractivity contribution in [1.82, 2.24) is 9.88 Å². The average molecular weight is 281 g/mol. The largest absolute Gasteiger partial charge is 0.327 e. The van der Waals surface area contributed by atoms with Crippen molar-refractivity contribution >= 4 is 11.3 Å². The lowest BCUT2D eigenvalue weighted by molar-refractivity contribution is 0.122. The van der Waals surface area contributed by atoms with Crippen LogP contribution in [0.1, 0.15) is 43.8 Å². The fraction of sp³-hybridized carbons (Fsp3) is 0.800. The third-order valence-electron chi connectivity index (χ3n) is 4.22. The van der Waals surface area contributed by atoms with Crippen molar-refractivity contribution in [1.29, 1.82) is 0 Å². The molecule has 0 bridgehead atoms. The number of nitrogens with zero attached hydrogens (tertiary/aromatic N) is 2. The van der Waals surface area contributed by atoms with E-state index < -0.39 is 0 Å². The van der Waals surface area contributed by atoms with Gasteiger partial charge in [-0.2, -0.15) is 0 Å². The molecule has 0 amide bonds. The van der Waals surface area contributed by atoms with Crippen LogP contribution in [0.3, 0.4) is 0 Å². The Hall–Kier alpha value is -0.450. The molecule has 0 radical (unpaired) electrons. The molecular formula is C15H27N3S. The summed E-state index contributed by atoms with van der Waals surface area (Å²) in [7, 11) is 2.18. The van der Waals surface area contributed by atoms with Crippen LogP contribution in [0, 0.1) is 18.3 Å². The molecule has 0 spiro atoms. The maximum absolute atomic E-state index is 6.31. The van der Waals surface area contributed by atoms with E-state index in [0.29, 0.717) is 17.4 Å². The van der Waals surface area contributed by atoms with Gasteiger partial charge in [-0.15, -0.1) is 11.3 Å². The summed E-state index contributed by atoms with van der Waals surface area (Å²) in [5.41, 5.74) is 7.95. The molecule has 0 saturated heterocycles. The highest BCUT2D eigenvalue weighted by atomic mass is 32.1. The summed E-state index contributed by atoms with van der Waals surface area (Å²) in [6.45, 7) is 8.83. The van der Waals surface area contributed by atoms with E-state index >= 15 is 0 Å². The summed E-state index contributed by atoms with van der Waals surface area (Å²) in [5, 5.41) is 3.32. The highest BCUT2D eigenvalue weighted by Crippen LogP contribution is 2.38. The average Bonchev–Trinajstić information content (AvgIpc) is 2.69. The Morgan fingerprint density at radius 1 is 1.53 bits per heavy atom. The number of hydrogen-bond acceptors (Lipinski definition) is 4. The van der Waals surface area contributed by atoms with E-state index in [-0.39, 0.29) is 0 Å². The molecule has 0 aliphatic heterocycles. The predicted octanol–water partition coefficient (Wildman–Crippen LogP) is 3.04. The molecule has 1 aromatic heterocycles. The number of aromatic nitrogens is 1. The van der Waals surface area contributed by atoms with Crippen LogP contribution < -0.4 is 5.73 Å². The minimum absolute atomic E-state index is 0.368. The number of nitrogens with two attached hydrogens (primary N) is 1. The van der Waals surface area contributed by atoms with E-state index in [0.717, 1.165) is 18.1 Å². The van der Waals surface area contributed by atoms with Crippen LogP contribution >= 0.6 is 11.3 Å². The molecule has 2 atom stereocenters. The highest BCUT2D eigenvalue weighted by molar-refractivity contribution is 7.09. The Morgan fingerprint density at radius 2 is 2.26 bits per heavy atom. The van der Waals surface area contributed by atoms with Crippen molar-refractivity contribution in [3.05, 3.63) is 16.1 Å². The predicted molar refractivity (Wildman–Crippen MR) is 82.3 cm³/mol. The number of hydrogen-bond donors (Lipinski definition) is 1. The standard InChI is InChI=1S/C15H27N3S/c1-11-17-13(10-19-11)9-18(4)8-12-7-15(2,3)6-5-14(12)16/h10,12,14H,5-9,16H2,1-4H3. The minimum atomic E-state index is 0.368. The van der Waals surface area contributed by atoms with E-state index in [2.05, 4.69) is 43.1 Å². The van der Waals surface area contributed by atoms with Crippen molar-refractivity contribution < 1.29 is 0 Å². The molecule has 1 saturated carbocycles. The molecule has 1 aliphatic rings. The summed E-state index contributed by atoms with van der Waals surface area (Å²) in [6, 6.07) is 0.368. The summed E-state index contributed by atoms with van der Waals surface area (Å²) >= 11 is 1.73. The topological polar surface area (TPSA) is 42.2 Å². The number of rotatable bonds is 4. The third kappa shape index (κ3) is 4.26. The maximum Gasteiger partial charge on any atom is 0.0897 e. The molecule has 1 fully saturated rings. The fourth-order valence-corrected chi connectivity index (χ4v) is 3.78. The van der Waals surface area contributed by atoms with Gasteiger partial charge in [0.1, 0.15) is 0 Å². The molecule has 4 heteroatoms. The second kappa shape index (κ2) is 5.90. The van der Waals surface area contributed by atoms with Crippen LogP contribution in [0.5, 0.6) is 0 Å². The molecule has 2 unspecified atom stereocenters. The Balaban J connectivity index is 1.88. The second-order valence-electron chi connectivity index (χ2n) is 6.89. The zero-order valence-electron chi connectivity index (χ0n) is 12.6. The molecule has 19 heavy (non-hydrogen) atoms. The molecular weight excluding hydrogens is 254 g/mol. The van der Waals surface area contributed by atoms with Crippen LogP contribution in [-0.2, 0) is 6.54 Å². The second-order valence-corrected chi connectivity index (χ2v) is 7.95. The van der Waals surface area contributed by atoms with Crippen LogP contribution in [0.25, 0.3) is 0 Å². The molecule has 1 aromatic rings. The van der Waals surface area contributed by atoms with Gasteiger partial charge >= 0.3 is 0 Å². The van der Waals surface area contributed by atoms with Crippen molar-refractivity contribution in [2.45, 2.75) is 52.6 Å². The molecule has 2 N–H and O–H groups in total. The lowest BCUT2D eigenvalue weighted by Gasteiger charge is -2.40. The SMILES string of the molecule is Cc1nc(CN(C)CC2CC(C)(C)CCC2N)cs1. The van der Waals surface area contributed by atoms with E-state index in [4.69, 9.17) is 5.73 Å². The first kappa shape index (κ1) is 14.9. The molecule has 1 aliphatic carbocycles. The van der Waals surface area contributed by atoms with Crippen molar-refractivity contribution in [3.63, 3.8) is 0 Å². The Morgan fingerprint density at radius 3 is 2.89 bits per heavy atom. The van der Waals surface area contributed by atoms with Crippen molar-refractivity contribution in [2.75, 3.05) is 13.6 Å². The van der Waals surface area contributed by atoms with Gasteiger partial charge in [0.05, 0.1) is 10.7 Å². The van der Waals surface area contributed by atoms with Gasteiger partial charge in [-0.3, -0.25) is 0 Å². The Labute approximate surface area is 121 Å². The first-order valence-corrected chi connectivity index (χ1v) is 8.09. The zero-order valence-corrected chi connectivity index (χ0v) is 13.5. The van der Waals surface area contributed by atoms with Crippen molar-refractivity contribution in [3.8, 4) is 0 Å². The quantitative estimate of drug-likeness (QED) is 0.922. The van der Waals surface area contributed by atoms with Crippen LogP contribution in [-0.4, -0.2) is 29.5 Å². The van der Waals surface area contributed by atoms with Crippen LogP contribution in [0.4, 0.5) is 0 Å². The summed E-state index contributed by atoms with van der Waals surface area (Å²) < 4.78 is 0. The third-order valence-corrected chi connectivity index (χ3v) is 5.04. The lowest BCUT2D eigenvalue weighted by Crippen LogP contribution is -2.44. The first-order valence-electron chi connectivity index (χ1n) is 7.21. The van der Waals surface area contributed by atoms with Crippen LogP contribution in [0.2, 0.25) is 0 Å². The first-order chi connectivity index (χ1) is 8.85. The van der Waals surface area contributed by atoms with E-state index in [1.807, 2.05) is 0 Å².